The second kappa shape index (κ2) is 9.24. The number of anilines is 1. The summed E-state index contributed by atoms with van der Waals surface area (Å²) >= 11 is 6.05. The van der Waals surface area contributed by atoms with E-state index >= 15 is 0 Å². The monoisotopic (exact) mass is 370 g/mol. The Hall–Kier alpha value is -1.54. The molecule has 1 aromatic carbocycles. The third-order valence-electron chi connectivity index (χ3n) is 4.50. The molecule has 1 aliphatic rings. The number of nitrogens with one attached hydrogen (secondary N) is 1. The van der Waals surface area contributed by atoms with Gasteiger partial charge in [-0.3, -0.25) is 4.79 Å². The van der Waals surface area contributed by atoms with Crippen LogP contribution in [0.4, 0.5) is 5.69 Å². The third-order valence-corrected chi connectivity index (χ3v) is 4.83. The van der Waals surface area contributed by atoms with E-state index in [1.165, 1.54) is 13.2 Å². The van der Waals surface area contributed by atoms with Crippen LogP contribution < -0.4 is 21.5 Å². The summed E-state index contributed by atoms with van der Waals surface area (Å²) in [6.07, 6.45) is 1.68. The molecule has 2 unspecified atom stereocenters. The van der Waals surface area contributed by atoms with Gasteiger partial charge in [0, 0.05) is 26.3 Å². The molecular weight excluding hydrogens is 344 g/mol. The summed E-state index contributed by atoms with van der Waals surface area (Å²) in [6, 6.07) is 3.01. The van der Waals surface area contributed by atoms with Crippen molar-refractivity contribution in [3.63, 3.8) is 0 Å². The van der Waals surface area contributed by atoms with Gasteiger partial charge in [-0.2, -0.15) is 0 Å². The predicted octanol–water partition coefficient (Wildman–Crippen LogP) is 1.10. The number of halogens is 1. The largest absolute Gasteiger partial charge is 0.496 e. The van der Waals surface area contributed by atoms with Crippen molar-refractivity contribution in [3.8, 4) is 5.75 Å². The zero-order valence-electron chi connectivity index (χ0n) is 14.8. The van der Waals surface area contributed by atoms with Crippen LogP contribution in [-0.4, -0.2) is 63.4 Å². The first-order valence-electron chi connectivity index (χ1n) is 8.39. The summed E-state index contributed by atoms with van der Waals surface area (Å²) in [4.78, 5) is 15.0. The fourth-order valence-corrected chi connectivity index (χ4v) is 3.23. The number of nitrogens with zero attached hydrogens (tertiary/aromatic N) is 1. The van der Waals surface area contributed by atoms with E-state index in [4.69, 9.17) is 32.5 Å². The van der Waals surface area contributed by atoms with Crippen molar-refractivity contribution in [2.24, 2.45) is 5.73 Å². The molecule has 8 heteroatoms. The highest BCUT2D eigenvalue weighted by Crippen LogP contribution is 2.29. The maximum absolute atomic E-state index is 12.7. The Balaban J connectivity index is 2.06. The van der Waals surface area contributed by atoms with Gasteiger partial charge in [-0.25, -0.2) is 0 Å². The van der Waals surface area contributed by atoms with E-state index in [9.17, 15) is 4.79 Å². The van der Waals surface area contributed by atoms with Gasteiger partial charge in [0.1, 0.15) is 5.75 Å². The Kier molecular flexibility index (Phi) is 7.31. The molecule has 2 atom stereocenters. The molecule has 1 fully saturated rings. The molecule has 1 aliphatic heterocycles. The average Bonchev–Trinajstić information content (AvgIpc) is 2.62. The highest BCUT2D eigenvalue weighted by atomic mass is 35.5. The lowest BCUT2D eigenvalue weighted by Gasteiger charge is -2.38. The summed E-state index contributed by atoms with van der Waals surface area (Å²) in [5.74, 6) is 0.148. The fourth-order valence-electron chi connectivity index (χ4n) is 3.06. The van der Waals surface area contributed by atoms with Crippen molar-refractivity contribution >= 4 is 23.2 Å². The first-order valence-corrected chi connectivity index (χ1v) is 8.77. The van der Waals surface area contributed by atoms with Gasteiger partial charge >= 0.3 is 0 Å². The number of likely N-dealkylation sites (tertiary alicyclic amines) is 1. The number of benzene rings is 1. The van der Waals surface area contributed by atoms with Crippen LogP contribution in [0.2, 0.25) is 5.02 Å². The van der Waals surface area contributed by atoms with Gasteiger partial charge < -0.3 is 31.2 Å². The Morgan fingerprint density at radius 1 is 1.44 bits per heavy atom. The molecular formula is C17H27ClN4O3. The average molecular weight is 371 g/mol. The SMILES string of the molecule is COc1cc(N)c(Cl)cc1C(=O)NC1CCN(CCCN)CC1OC. The van der Waals surface area contributed by atoms with Gasteiger partial charge in [-0.05, 0) is 32.0 Å². The highest BCUT2D eigenvalue weighted by Gasteiger charge is 2.31. The van der Waals surface area contributed by atoms with Crippen LogP contribution in [0.25, 0.3) is 0 Å². The Morgan fingerprint density at radius 3 is 2.84 bits per heavy atom. The first-order chi connectivity index (χ1) is 12.0. The summed E-state index contributed by atoms with van der Waals surface area (Å²) in [5, 5.41) is 3.36. The van der Waals surface area contributed by atoms with Crippen molar-refractivity contribution < 1.29 is 14.3 Å². The summed E-state index contributed by atoms with van der Waals surface area (Å²) in [6.45, 7) is 3.27. The van der Waals surface area contributed by atoms with Crippen LogP contribution in [0.1, 0.15) is 23.2 Å². The van der Waals surface area contributed by atoms with Crippen LogP contribution in [0.3, 0.4) is 0 Å². The number of rotatable bonds is 7. The smallest absolute Gasteiger partial charge is 0.255 e. The predicted molar refractivity (Wildman–Crippen MR) is 99.2 cm³/mol. The van der Waals surface area contributed by atoms with Crippen LogP contribution in [-0.2, 0) is 4.74 Å². The molecule has 0 aliphatic carbocycles. The highest BCUT2D eigenvalue weighted by molar-refractivity contribution is 6.33. The van der Waals surface area contributed by atoms with Crippen molar-refractivity contribution in [1.82, 2.24) is 10.2 Å². The minimum absolute atomic E-state index is 0.0762. The molecule has 0 bridgehead atoms. The lowest BCUT2D eigenvalue weighted by molar-refractivity contribution is 0.00631. The Labute approximate surface area is 153 Å². The van der Waals surface area contributed by atoms with Gasteiger partial charge in [-0.1, -0.05) is 11.6 Å². The van der Waals surface area contributed by atoms with Crippen LogP contribution in [0.15, 0.2) is 12.1 Å². The summed E-state index contributed by atoms with van der Waals surface area (Å²) in [5.41, 5.74) is 12.1. The number of nitrogens with two attached hydrogens (primary N) is 2. The number of amides is 1. The number of piperidine rings is 1. The topological polar surface area (TPSA) is 103 Å². The summed E-state index contributed by atoms with van der Waals surface area (Å²) < 4.78 is 10.8. The molecule has 0 radical (unpaired) electrons. The van der Waals surface area contributed by atoms with E-state index in [0.717, 1.165) is 32.5 Å². The minimum atomic E-state index is -0.249. The van der Waals surface area contributed by atoms with Crippen molar-refractivity contribution in [1.29, 1.82) is 0 Å². The normalized spacial score (nSPS) is 21.1. The standard InChI is InChI=1S/C17H27ClN4O3/c1-24-15-9-13(20)12(18)8-11(15)17(23)21-14-4-7-22(6-3-5-19)10-16(14)25-2/h8-9,14,16H,3-7,10,19-20H2,1-2H3,(H,21,23). The zero-order valence-corrected chi connectivity index (χ0v) is 15.5. The molecule has 0 saturated carbocycles. The molecule has 0 spiro atoms. The molecule has 140 valence electrons. The van der Waals surface area contributed by atoms with Gasteiger partial charge in [-0.15, -0.1) is 0 Å². The Bertz CT molecular complexity index is 600. The Morgan fingerprint density at radius 2 is 2.20 bits per heavy atom. The van der Waals surface area contributed by atoms with Crippen LogP contribution in [0.5, 0.6) is 5.75 Å². The van der Waals surface area contributed by atoms with E-state index in [1.807, 2.05) is 0 Å². The second-order valence-electron chi connectivity index (χ2n) is 6.16. The second-order valence-corrected chi connectivity index (χ2v) is 6.57. The number of carbonyl (C=O) groups is 1. The van der Waals surface area contributed by atoms with Gasteiger partial charge in [0.2, 0.25) is 0 Å². The number of hydrogen-bond donors (Lipinski definition) is 3. The molecule has 1 saturated heterocycles. The molecule has 0 aromatic heterocycles. The number of nitrogen functional groups attached to an aromatic ring is 1. The first kappa shape index (κ1) is 19.8. The van der Waals surface area contributed by atoms with E-state index in [0.29, 0.717) is 28.6 Å². The lowest BCUT2D eigenvalue weighted by Crippen LogP contribution is -2.55. The maximum Gasteiger partial charge on any atom is 0.255 e. The number of carbonyl (C=O) groups excluding carboxylic acids is 1. The van der Waals surface area contributed by atoms with Crippen molar-refractivity contribution in [2.45, 2.75) is 25.0 Å². The fraction of sp³-hybridized carbons (Fsp3) is 0.588. The van der Waals surface area contributed by atoms with E-state index in [2.05, 4.69) is 10.2 Å². The quantitative estimate of drug-likeness (QED) is 0.621. The minimum Gasteiger partial charge on any atom is -0.496 e. The van der Waals surface area contributed by atoms with Gasteiger partial charge in [0.05, 0.1) is 35.5 Å². The molecule has 1 heterocycles. The molecule has 1 amide bonds. The van der Waals surface area contributed by atoms with Crippen LogP contribution in [0, 0.1) is 0 Å². The lowest BCUT2D eigenvalue weighted by atomic mass is 10.0. The molecule has 7 nitrogen and oxygen atoms in total. The van der Waals surface area contributed by atoms with Gasteiger partial charge in [0.25, 0.3) is 5.91 Å². The third kappa shape index (κ3) is 4.98. The zero-order chi connectivity index (χ0) is 18.4. The van der Waals surface area contributed by atoms with E-state index in [1.54, 1.807) is 13.2 Å². The van der Waals surface area contributed by atoms with Crippen molar-refractivity contribution in [2.75, 3.05) is 46.1 Å². The maximum atomic E-state index is 12.7. The molecule has 1 aromatic rings. The summed E-state index contributed by atoms with van der Waals surface area (Å²) in [7, 11) is 3.16. The van der Waals surface area contributed by atoms with E-state index < -0.39 is 0 Å². The van der Waals surface area contributed by atoms with Gasteiger partial charge in [0.15, 0.2) is 0 Å². The molecule has 25 heavy (non-hydrogen) atoms. The number of ether oxygens (including phenoxy) is 2. The molecule has 2 rings (SSSR count). The van der Waals surface area contributed by atoms with Crippen LogP contribution >= 0.6 is 11.6 Å². The van der Waals surface area contributed by atoms with E-state index in [-0.39, 0.29) is 18.1 Å². The van der Waals surface area contributed by atoms with Crippen molar-refractivity contribution in [3.05, 3.63) is 22.7 Å². The number of methoxy groups -OCH3 is 2. The molecule has 5 N–H and O–H groups in total. The number of hydrogen-bond acceptors (Lipinski definition) is 6.